The number of aromatic nitrogens is 1. The zero-order valence-corrected chi connectivity index (χ0v) is 12.2. The molecule has 112 valence electrons. The van der Waals surface area contributed by atoms with Crippen LogP contribution in [0.1, 0.15) is 17.3 Å². The van der Waals surface area contributed by atoms with Gasteiger partial charge in [-0.15, -0.1) is 0 Å². The van der Waals surface area contributed by atoms with Gasteiger partial charge in [-0.1, -0.05) is 0 Å². The predicted octanol–water partition coefficient (Wildman–Crippen LogP) is -0.198. The third-order valence-electron chi connectivity index (χ3n) is 2.23. The molecule has 0 aliphatic rings. The number of pyridine rings is 1. The van der Waals surface area contributed by atoms with Crippen LogP contribution in [0.15, 0.2) is 12.3 Å². The van der Waals surface area contributed by atoms with Gasteiger partial charge in [-0.25, -0.2) is 22.9 Å². The first-order valence-electron chi connectivity index (χ1n) is 5.94. The molecule has 0 aromatic carbocycles. The molecule has 1 rings (SSSR count). The van der Waals surface area contributed by atoms with Crippen LogP contribution >= 0.6 is 0 Å². The standard InChI is InChI=1S/C11H18N4O4S/c1-3-19-11(16)8-6-10(14-7-9(8)12)13-4-5-15-20(2,17)18/h6-7,15H,3-5,12H2,1-2H3,(H,13,14). The fraction of sp³-hybridized carbons (Fsp3) is 0.455. The molecule has 0 amide bonds. The van der Waals surface area contributed by atoms with Crippen LogP contribution in [0.25, 0.3) is 0 Å². The molecule has 0 unspecified atom stereocenters. The monoisotopic (exact) mass is 302 g/mol. The molecule has 0 aliphatic heterocycles. The van der Waals surface area contributed by atoms with Crippen LogP contribution in [-0.4, -0.2) is 45.3 Å². The highest BCUT2D eigenvalue weighted by molar-refractivity contribution is 7.88. The lowest BCUT2D eigenvalue weighted by atomic mass is 10.2. The molecule has 20 heavy (non-hydrogen) atoms. The predicted molar refractivity (Wildman–Crippen MR) is 75.9 cm³/mol. The molecule has 0 bridgehead atoms. The van der Waals surface area contributed by atoms with E-state index in [-0.39, 0.29) is 24.4 Å². The second-order valence-corrected chi connectivity index (χ2v) is 5.80. The van der Waals surface area contributed by atoms with Crippen LogP contribution in [-0.2, 0) is 14.8 Å². The van der Waals surface area contributed by atoms with E-state index in [0.29, 0.717) is 12.4 Å². The van der Waals surface area contributed by atoms with E-state index in [1.54, 1.807) is 6.92 Å². The van der Waals surface area contributed by atoms with Gasteiger partial charge < -0.3 is 15.8 Å². The maximum Gasteiger partial charge on any atom is 0.340 e. The number of nitrogens with zero attached hydrogens (tertiary/aromatic N) is 1. The summed E-state index contributed by atoms with van der Waals surface area (Å²) in [5.41, 5.74) is 6.10. The summed E-state index contributed by atoms with van der Waals surface area (Å²) in [6.07, 6.45) is 2.42. The molecule has 0 saturated carbocycles. The molecule has 0 fully saturated rings. The SMILES string of the molecule is CCOC(=O)c1cc(NCCNS(C)(=O)=O)ncc1N. The summed E-state index contributed by atoms with van der Waals surface area (Å²) in [7, 11) is -3.22. The largest absolute Gasteiger partial charge is 0.462 e. The first-order chi connectivity index (χ1) is 9.33. The van der Waals surface area contributed by atoms with E-state index >= 15 is 0 Å². The number of hydrogen-bond acceptors (Lipinski definition) is 7. The number of nitrogens with two attached hydrogens (primary N) is 1. The minimum absolute atomic E-state index is 0.208. The zero-order valence-electron chi connectivity index (χ0n) is 11.3. The summed E-state index contributed by atoms with van der Waals surface area (Å²) in [6.45, 7) is 2.48. The van der Waals surface area contributed by atoms with Crippen LogP contribution in [0.3, 0.4) is 0 Å². The van der Waals surface area contributed by atoms with Crippen molar-refractivity contribution in [3.8, 4) is 0 Å². The molecule has 4 N–H and O–H groups in total. The Morgan fingerprint density at radius 3 is 2.75 bits per heavy atom. The number of esters is 1. The number of nitrogens with one attached hydrogen (secondary N) is 2. The third-order valence-corrected chi connectivity index (χ3v) is 2.95. The Kier molecular flexibility index (Phi) is 5.71. The van der Waals surface area contributed by atoms with E-state index in [9.17, 15) is 13.2 Å². The van der Waals surface area contributed by atoms with Crippen molar-refractivity contribution in [2.45, 2.75) is 6.92 Å². The van der Waals surface area contributed by atoms with Gasteiger partial charge in [-0.2, -0.15) is 0 Å². The first kappa shape index (κ1) is 16.2. The minimum atomic E-state index is -3.22. The summed E-state index contributed by atoms with van der Waals surface area (Å²) in [5, 5.41) is 2.88. The maximum atomic E-state index is 11.6. The van der Waals surface area contributed by atoms with Crippen LogP contribution in [0.2, 0.25) is 0 Å². The molecular weight excluding hydrogens is 284 g/mol. The lowest BCUT2D eigenvalue weighted by molar-refractivity contribution is 0.0527. The first-order valence-corrected chi connectivity index (χ1v) is 7.83. The van der Waals surface area contributed by atoms with Gasteiger partial charge >= 0.3 is 5.97 Å². The van der Waals surface area contributed by atoms with E-state index in [0.717, 1.165) is 6.26 Å². The van der Waals surface area contributed by atoms with E-state index in [1.807, 2.05) is 0 Å². The van der Waals surface area contributed by atoms with Gasteiger partial charge in [0, 0.05) is 13.1 Å². The minimum Gasteiger partial charge on any atom is -0.462 e. The third kappa shape index (κ3) is 5.41. The van der Waals surface area contributed by atoms with Crippen molar-refractivity contribution in [1.82, 2.24) is 9.71 Å². The Morgan fingerprint density at radius 2 is 2.15 bits per heavy atom. The van der Waals surface area contributed by atoms with Crippen molar-refractivity contribution < 1.29 is 17.9 Å². The van der Waals surface area contributed by atoms with Crippen LogP contribution in [0.4, 0.5) is 11.5 Å². The second kappa shape index (κ2) is 7.06. The van der Waals surface area contributed by atoms with Gasteiger partial charge in [0.25, 0.3) is 0 Å². The van der Waals surface area contributed by atoms with E-state index in [1.165, 1.54) is 12.3 Å². The number of carbonyl (C=O) groups is 1. The van der Waals surface area contributed by atoms with Gasteiger partial charge in [0.1, 0.15) is 5.82 Å². The number of hydrogen-bond donors (Lipinski definition) is 3. The van der Waals surface area contributed by atoms with Crippen molar-refractivity contribution >= 4 is 27.5 Å². The number of carbonyl (C=O) groups excluding carboxylic acids is 1. The van der Waals surface area contributed by atoms with Crippen molar-refractivity contribution in [3.63, 3.8) is 0 Å². The molecule has 9 heteroatoms. The maximum absolute atomic E-state index is 11.6. The summed E-state index contributed by atoms with van der Waals surface area (Å²) < 4.78 is 28.9. The molecule has 0 saturated heterocycles. The Bertz CT molecular complexity index is 574. The Morgan fingerprint density at radius 1 is 1.45 bits per heavy atom. The lowest BCUT2D eigenvalue weighted by Crippen LogP contribution is -2.27. The highest BCUT2D eigenvalue weighted by Crippen LogP contribution is 2.15. The summed E-state index contributed by atoms with van der Waals surface area (Å²) in [6, 6.07) is 1.47. The number of ether oxygens (including phenoxy) is 1. The van der Waals surface area contributed by atoms with Gasteiger partial charge in [0.15, 0.2) is 0 Å². The molecule has 0 atom stereocenters. The smallest absolute Gasteiger partial charge is 0.340 e. The molecule has 8 nitrogen and oxygen atoms in total. The number of nitrogen functional groups attached to an aromatic ring is 1. The zero-order chi connectivity index (χ0) is 15.2. The number of rotatable bonds is 7. The Labute approximate surface area is 117 Å². The van der Waals surface area contributed by atoms with E-state index in [4.69, 9.17) is 10.5 Å². The summed E-state index contributed by atoms with van der Waals surface area (Å²) in [4.78, 5) is 15.6. The molecule has 1 aromatic rings. The normalized spacial score (nSPS) is 11.1. The van der Waals surface area contributed by atoms with Crippen molar-refractivity contribution in [2.24, 2.45) is 0 Å². The van der Waals surface area contributed by atoms with E-state index < -0.39 is 16.0 Å². The van der Waals surface area contributed by atoms with Crippen molar-refractivity contribution in [1.29, 1.82) is 0 Å². The summed E-state index contributed by atoms with van der Waals surface area (Å²) in [5.74, 6) is -0.109. The second-order valence-electron chi connectivity index (χ2n) is 3.97. The lowest BCUT2D eigenvalue weighted by Gasteiger charge is -2.09. The average molecular weight is 302 g/mol. The van der Waals surface area contributed by atoms with Gasteiger partial charge in [-0.05, 0) is 13.0 Å². The highest BCUT2D eigenvalue weighted by Gasteiger charge is 2.12. The van der Waals surface area contributed by atoms with Crippen molar-refractivity contribution in [2.75, 3.05) is 37.0 Å². The number of anilines is 2. The molecule has 0 aliphatic carbocycles. The quantitative estimate of drug-likeness (QED) is 0.471. The fourth-order valence-electron chi connectivity index (χ4n) is 1.38. The average Bonchev–Trinajstić information content (AvgIpc) is 2.35. The number of sulfonamides is 1. The molecule has 1 aromatic heterocycles. The fourth-order valence-corrected chi connectivity index (χ4v) is 1.85. The van der Waals surface area contributed by atoms with Gasteiger partial charge in [0.05, 0.1) is 30.3 Å². The van der Waals surface area contributed by atoms with Crippen LogP contribution in [0.5, 0.6) is 0 Å². The Hall–Kier alpha value is -1.87. The molecule has 0 spiro atoms. The van der Waals surface area contributed by atoms with Gasteiger partial charge in [0.2, 0.25) is 10.0 Å². The molecular formula is C11H18N4O4S. The van der Waals surface area contributed by atoms with Gasteiger partial charge in [-0.3, -0.25) is 0 Å². The van der Waals surface area contributed by atoms with Crippen LogP contribution in [0, 0.1) is 0 Å². The highest BCUT2D eigenvalue weighted by atomic mass is 32.2. The van der Waals surface area contributed by atoms with E-state index in [2.05, 4.69) is 15.0 Å². The Balaban J connectivity index is 2.63. The molecule has 1 heterocycles. The topological polar surface area (TPSA) is 123 Å². The molecule has 0 radical (unpaired) electrons. The van der Waals surface area contributed by atoms with Crippen LogP contribution < -0.4 is 15.8 Å². The van der Waals surface area contributed by atoms with Crippen molar-refractivity contribution in [3.05, 3.63) is 17.8 Å². The summed E-state index contributed by atoms with van der Waals surface area (Å²) >= 11 is 0.